The van der Waals surface area contributed by atoms with Crippen LogP contribution in [0, 0.1) is 17.8 Å². The first-order valence-electron chi connectivity index (χ1n) is 7.63. The molecule has 5 heteroatoms. The fourth-order valence-corrected chi connectivity index (χ4v) is 3.49. The summed E-state index contributed by atoms with van der Waals surface area (Å²) < 4.78 is 7.75. The minimum Gasteiger partial charge on any atom is -0.368 e. The van der Waals surface area contributed by atoms with Gasteiger partial charge in [0.2, 0.25) is 5.91 Å². The molecular formula is C15H21N3O2. The van der Waals surface area contributed by atoms with Gasteiger partial charge in [0, 0.05) is 32.0 Å². The molecular weight excluding hydrogens is 254 g/mol. The summed E-state index contributed by atoms with van der Waals surface area (Å²) in [5, 5.41) is 3.20. The van der Waals surface area contributed by atoms with Crippen molar-refractivity contribution in [2.75, 3.05) is 6.61 Å². The average Bonchev–Trinajstić information content (AvgIpc) is 3.31. The van der Waals surface area contributed by atoms with E-state index in [1.807, 2.05) is 17.8 Å². The Morgan fingerprint density at radius 3 is 3.00 bits per heavy atom. The number of aryl methyl sites for hydroxylation is 1. The number of carbonyl (C=O) groups excluding carboxylic acids is 1. The van der Waals surface area contributed by atoms with Crippen LogP contribution in [0.5, 0.6) is 0 Å². The molecule has 0 bridgehead atoms. The molecule has 20 heavy (non-hydrogen) atoms. The van der Waals surface area contributed by atoms with Crippen molar-refractivity contribution < 1.29 is 9.53 Å². The van der Waals surface area contributed by atoms with Gasteiger partial charge in [-0.2, -0.15) is 0 Å². The number of aromatic nitrogens is 2. The smallest absolute Gasteiger partial charge is 0.223 e. The van der Waals surface area contributed by atoms with Gasteiger partial charge in [-0.3, -0.25) is 4.79 Å². The highest BCUT2D eigenvalue weighted by atomic mass is 16.5. The van der Waals surface area contributed by atoms with Gasteiger partial charge in [0.1, 0.15) is 11.9 Å². The molecule has 1 aliphatic heterocycles. The third-order valence-corrected chi connectivity index (χ3v) is 4.94. The van der Waals surface area contributed by atoms with Crippen LogP contribution in [-0.2, 0) is 16.6 Å². The zero-order valence-electron chi connectivity index (χ0n) is 11.8. The first kappa shape index (κ1) is 12.4. The van der Waals surface area contributed by atoms with Crippen LogP contribution in [0.1, 0.15) is 37.6 Å². The van der Waals surface area contributed by atoms with Crippen LogP contribution in [0.3, 0.4) is 0 Å². The van der Waals surface area contributed by atoms with Crippen LogP contribution in [0.15, 0.2) is 12.4 Å². The third-order valence-electron chi connectivity index (χ3n) is 4.94. The summed E-state index contributed by atoms with van der Waals surface area (Å²) in [7, 11) is 1.97. The van der Waals surface area contributed by atoms with Gasteiger partial charge in [0.15, 0.2) is 0 Å². The van der Waals surface area contributed by atoms with Crippen LogP contribution in [0.4, 0.5) is 0 Å². The van der Waals surface area contributed by atoms with Gasteiger partial charge in [-0.05, 0) is 37.5 Å². The van der Waals surface area contributed by atoms with Crippen molar-refractivity contribution >= 4 is 5.91 Å². The van der Waals surface area contributed by atoms with E-state index >= 15 is 0 Å². The maximum Gasteiger partial charge on any atom is 0.223 e. The normalized spacial score (nSPS) is 36.0. The number of carbonyl (C=O) groups is 1. The average molecular weight is 275 g/mol. The number of hydrogen-bond acceptors (Lipinski definition) is 3. The molecule has 1 aromatic rings. The maximum absolute atomic E-state index is 12.3. The maximum atomic E-state index is 12.3. The van der Waals surface area contributed by atoms with E-state index in [1.165, 1.54) is 12.8 Å². The lowest BCUT2D eigenvalue weighted by atomic mass is 10.1. The van der Waals surface area contributed by atoms with E-state index < -0.39 is 0 Å². The minimum atomic E-state index is -0.0999. The highest BCUT2D eigenvalue weighted by molar-refractivity contribution is 5.82. The van der Waals surface area contributed by atoms with Crippen molar-refractivity contribution in [1.29, 1.82) is 0 Å². The molecule has 2 aliphatic carbocycles. The number of hydrogen-bond donors (Lipinski definition) is 1. The van der Waals surface area contributed by atoms with Crippen LogP contribution in [-0.4, -0.2) is 28.1 Å². The number of nitrogens with zero attached hydrogens (tertiary/aromatic N) is 2. The molecule has 3 aliphatic rings. The number of ether oxygens (including phenoxy) is 1. The van der Waals surface area contributed by atoms with Gasteiger partial charge < -0.3 is 14.6 Å². The monoisotopic (exact) mass is 275 g/mol. The summed E-state index contributed by atoms with van der Waals surface area (Å²) in [6.45, 7) is 0.694. The number of rotatable bonds is 4. The summed E-state index contributed by atoms with van der Waals surface area (Å²) >= 11 is 0. The zero-order chi connectivity index (χ0) is 13.7. The molecule has 5 nitrogen and oxygen atoms in total. The Morgan fingerprint density at radius 2 is 2.30 bits per heavy atom. The lowest BCUT2D eigenvalue weighted by molar-refractivity contribution is -0.123. The standard InChI is InChI=1S/C15H21N3O2/c1-18-6-5-16-14(18)13-12(4-7-20-13)17-15(19)11-8-10(11)9-2-3-9/h5-6,9-13H,2-4,7-8H2,1H3,(H,17,19)/t10-,11+,12-,13-/m0/s1. The summed E-state index contributed by atoms with van der Waals surface area (Å²) in [4.78, 5) is 16.7. The molecule has 108 valence electrons. The van der Waals surface area contributed by atoms with Gasteiger partial charge >= 0.3 is 0 Å². The molecule has 0 unspecified atom stereocenters. The van der Waals surface area contributed by atoms with E-state index in [4.69, 9.17) is 4.74 Å². The van der Waals surface area contributed by atoms with E-state index in [9.17, 15) is 4.79 Å². The first-order chi connectivity index (χ1) is 9.74. The molecule has 3 fully saturated rings. The molecule has 1 aromatic heterocycles. The molecule has 1 saturated heterocycles. The number of imidazole rings is 1. The van der Waals surface area contributed by atoms with Crippen molar-refractivity contribution in [3.05, 3.63) is 18.2 Å². The molecule has 1 amide bonds. The lowest BCUT2D eigenvalue weighted by Crippen LogP contribution is -2.38. The molecule has 0 aromatic carbocycles. The predicted octanol–water partition coefficient (Wildman–Crippen LogP) is 1.41. The number of nitrogens with one attached hydrogen (secondary N) is 1. The Morgan fingerprint density at radius 1 is 1.45 bits per heavy atom. The van der Waals surface area contributed by atoms with Crippen LogP contribution < -0.4 is 5.32 Å². The van der Waals surface area contributed by atoms with Crippen molar-refractivity contribution in [2.24, 2.45) is 24.8 Å². The molecule has 0 radical (unpaired) electrons. The second kappa shape index (κ2) is 4.58. The van der Waals surface area contributed by atoms with E-state index in [0.717, 1.165) is 24.6 Å². The number of amides is 1. The van der Waals surface area contributed by atoms with Crippen molar-refractivity contribution in [2.45, 2.75) is 37.8 Å². The molecule has 2 saturated carbocycles. The lowest BCUT2D eigenvalue weighted by Gasteiger charge is -2.19. The summed E-state index contributed by atoms with van der Waals surface area (Å²) in [6, 6.07) is 0.0732. The second-order valence-electron chi connectivity index (χ2n) is 6.43. The predicted molar refractivity (Wildman–Crippen MR) is 72.8 cm³/mol. The van der Waals surface area contributed by atoms with E-state index in [0.29, 0.717) is 12.5 Å². The van der Waals surface area contributed by atoms with Crippen LogP contribution >= 0.6 is 0 Å². The zero-order valence-corrected chi connectivity index (χ0v) is 11.8. The second-order valence-corrected chi connectivity index (χ2v) is 6.43. The Hall–Kier alpha value is -1.36. The summed E-state index contributed by atoms with van der Waals surface area (Å²) in [6.07, 6.45) is 8.23. The SMILES string of the molecule is Cn1ccnc1[C@H]1OCC[C@@H]1NC(=O)[C@@H]1C[C@H]1C1CC1. The first-order valence-corrected chi connectivity index (χ1v) is 7.63. The van der Waals surface area contributed by atoms with Gasteiger partial charge in [0.05, 0.1) is 6.04 Å². The minimum absolute atomic E-state index is 0.0732. The van der Waals surface area contributed by atoms with E-state index in [-0.39, 0.29) is 24.0 Å². The van der Waals surface area contributed by atoms with Gasteiger partial charge in [-0.15, -0.1) is 0 Å². The fraction of sp³-hybridized carbons (Fsp3) is 0.733. The summed E-state index contributed by atoms with van der Waals surface area (Å²) in [5.41, 5.74) is 0. The van der Waals surface area contributed by atoms with Crippen molar-refractivity contribution in [3.63, 3.8) is 0 Å². The third kappa shape index (κ3) is 2.14. The Labute approximate surface area is 118 Å². The molecule has 4 rings (SSSR count). The van der Waals surface area contributed by atoms with Crippen molar-refractivity contribution in [1.82, 2.24) is 14.9 Å². The largest absolute Gasteiger partial charge is 0.368 e. The molecule has 4 atom stereocenters. The van der Waals surface area contributed by atoms with Gasteiger partial charge in [-0.25, -0.2) is 4.98 Å². The van der Waals surface area contributed by atoms with Crippen LogP contribution in [0.2, 0.25) is 0 Å². The quantitative estimate of drug-likeness (QED) is 0.904. The Bertz CT molecular complexity index is 523. The fourth-order valence-electron chi connectivity index (χ4n) is 3.49. The Balaban J connectivity index is 1.40. The highest BCUT2D eigenvalue weighted by Crippen LogP contribution is 2.54. The molecule has 2 heterocycles. The van der Waals surface area contributed by atoms with Crippen LogP contribution in [0.25, 0.3) is 0 Å². The van der Waals surface area contributed by atoms with E-state index in [1.54, 1.807) is 6.20 Å². The van der Waals surface area contributed by atoms with Gasteiger partial charge in [-0.1, -0.05) is 0 Å². The highest BCUT2D eigenvalue weighted by Gasteiger charge is 2.51. The van der Waals surface area contributed by atoms with E-state index in [2.05, 4.69) is 10.3 Å². The topological polar surface area (TPSA) is 56.1 Å². The molecule has 1 N–H and O–H groups in total. The molecule has 0 spiro atoms. The van der Waals surface area contributed by atoms with Gasteiger partial charge in [0.25, 0.3) is 0 Å². The van der Waals surface area contributed by atoms with Crippen molar-refractivity contribution in [3.8, 4) is 0 Å². The summed E-state index contributed by atoms with van der Waals surface area (Å²) in [5.74, 6) is 2.92. The Kier molecular flexibility index (Phi) is 2.84.